The summed E-state index contributed by atoms with van der Waals surface area (Å²) in [7, 11) is 1.59. The fourth-order valence-corrected chi connectivity index (χ4v) is 1.58. The van der Waals surface area contributed by atoms with E-state index in [4.69, 9.17) is 26.8 Å². The van der Waals surface area contributed by atoms with Crippen LogP contribution in [0.1, 0.15) is 25.8 Å². The monoisotopic (exact) mass is 243 g/mol. The predicted molar refractivity (Wildman–Crippen MR) is 66.3 cm³/mol. The molecular formula is C12H18ClNO2. The molecule has 0 aromatic heterocycles. The van der Waals surface area contributed by atoms with Gasteiger partial charge < -0.3 is 15.2 Å². The maximum absolute atomic E-state index is 5.96. The number of methoxy groups -OCH3 is 1. The zero-order valence-corrected chi connectivity index (χ0v) is 10.7. The SMILES string of the molecule is CCC(C)Oc1c(CN)cc(Cl)cc1OC. The second kappa shape index (κ2) is 5.97. The Bertz CT molecular complexity index is 330. The van der Waals surface area contributed by atoms with Crippen molar-refractivity contribution in [2.24, 2.45) is 5.73 Å². The summed E-state index contributed by atoms with van der Waals surface area (Å²) in [4.78, 5) is 0. The van der Waals surface area contributed by atoms with Gasteiger partial charge in [-0.05, 0) is 19.4 Å². The van der Waals surface area contributed by atoms with E-state index in [-0.39, 0.29) is 6.10 Å². The van der Waals surface area contributed by atoms with Gasteiger partial charge in [-0.25, -0.2) is 0 Å². The summed E-state index contributed by atoms with van der Waals surface area (Å²) in [5.74, 6) is 1.33. The van der Waals surface area contributed by atoms with Crippen molar-refractivity contribution in [1.82, 2.24) is 0 Å². The van der Waals surface area contributed by atoms with Crippen molar-refractivity contribution in [3.05, 3.63) is 22.7 Å². The van der Waals surface area contributed by atoms with Gasteiger partial charge in [0.05, 0.1) is 13.2 Å². The van der Waals surface area contributed by atoms with Gasteiger partial charge in [0.1, 0.15) is 0 Å². The van der Waals surface area contributed by atoms with Gasteiger partial charge in [0.25, 0.3) is 0 Å². The Balaban J connectivity index is 3.11. The van der Waals surface area contributed by atoms with Crippen LogP contribution in [-0.2, 0) is 6.54 Å². The second-order valence-corrected chi connectivity index (χ2v) is 4.07. The first-order chi connectivity index (χ1) is 7.62. The van der Waals surface area contributed by atoms with Crippen molar-refractivity contribution in [3.63, 3.8) is 0 Å². The van der Waals surface area contributed by atoms with Crippen LogP contribution in [0, 0.1) is 0 Å². The highest BCUT2D eigenvalue weighted by Gasteiger charge is 2.13. The van der Waals surface area contributed by atoms with Crippen molar-refractivity contribution in [2.75, 3.05) is 7.11 Å². The van der Waals surface area contributed by atoms with E-state index in [1.54, 1.807) is 13.2 Å². The van der Waals surface area contributed by atoms with Crippen molar-refractivity contribution in [2.45, 2.75) is 32.9 Å². The average Bonchev–Trinajstić information content (AvgIpc) is 2.30. The molecule has 1 rings (SSSR count). The van der Waals surface area contributed by atoms with Crippen LogP contribution in [0.2, 0.25) is 5.02 Å². The van der Waals surface area contributed by atoms with Crippen molar-refractivity contribution in [3.8, 4) is 11.5 Å². The second-order valence-electron chi connectivity index (χ2n) is 3.64. The lowest BCUT2D eigenvalue weighted by Gasteiger charge is -2.18. The Morgan fingerprint density at radius 1 is 1.44 bits per heavy atom. The summed E-state index contributed by atoms with van der Waals surface area (Å²) in [6.07, 6.45) is 1.05. The molecule has 0 saturated carbocycles. The molecule has 0 aliphatic heterocycles. The van der Waals surface area contributed by atoms with Crippen molar-refractivity contribution >= 4 is 11.6 Å². The molecule has 0 bridgehead atoms. The molecule has 16 heavy (non-hydrogen) atoms. The number of halogens is 1. The third-order valence-electron chi connectivity index (χ3n) is 2.43. The summed E-state index contributed by atoms with van der Waals surface area (Å²) in [5.41, 5.74) is 6.53. The fraction of sp³-hybridized carbons (Fsp3) is 0.500. The molecule has 0 saturated heterocycles. The molecule has 0 aliphatic carbocycles. The molecule has 0 heterocycles. The lowest BCUT2D eigenvalue weighted by Crippen LogP contribution is -2.13. The summed E-state index contributed by atoms with van der Waals surface area (Å²) < 4.78 is 11.0. The van der Waals surface area contributed by atoms with E-state index in [2.05, 4.69) is 6.92 Å². The minimum absolute atomic E-state index is 0.125. The van der Waals surface area contributed by atoms with Crippen LogP contribution in [0.15, 0.2) is 12.1 Å². The number of benzene rings is 1. The number of hydrogen-bond acceptors (Lipinski definition) is 3. The smallest absolute Gasteiger partial charge is 0.166 e. The highest BCUT2D eigenvalue weighted by Crippen LogP contribution is 2.35. The lowest BCUT2D eigenvalue weighted by atomic mass is 10.1. The van der Waals surface area contributed by atoms with Crippen LogP contribution in [0.5, 0.6) is 11.5 Å². The number of nitrogens with two attached hydrogens (primary N) is 1. The Morgan fingerprint density at radius 2 is 2.12 bits per heavy atom. The molecule has 4 heteroatoms. The van der Waals surface area contributed by atoms with Gasteiger partial charge in [-0.2, -0.15) is 0 Å². The summed E-state index contributed by atoms with van der Waals surface area (Å²) in [6, 6.07) is 3.54. The van der Waals surface area contributed by atoms with Gasteiger partial charge in [-0.3, -0.25) is 0 Å². The van der Waals surface area contributed by atoms with Crippen LogP contribution in [0.4, 0.5) is 0 Å². The highest BCUT2D eigenvalue weighted by molar-refractivity contribution is 6.30. The number of hydrogen-bond donors (Lipinski definition) is 1. The van der Waals surface area contributed by atoms with E-state index in [0.717, 1.165) is 12.0 Å². The van der Waals surface area contributed by atoms with E-state index in [1.165, 1.54) is 0 Å². The molecule has 0 amide bonds. The first-order valence-corrected chi connectivity index (χ1v) is 5.73. The van der Waals surface area contributed by atoms with E-state index >= 15 is 0 Å². The molecular weight excluding hydrogens is 226 g/mol. The molecule has 1 aromatic carbocycles. The van der Waals surface area contributed by atoms with Gasteiger partial charge in [0, 0.05) is 23.2 Å². The Hall–Kier alpha value is -0.930. The molecule has 1 aromatic rings. The van der Waals surface area contributed by atoms with Gasteiger partial charge in [0.15, 0.2) is 11.5 Å². The topological polar surface area (TPSA) is 44.5 Å². The van der Waals surface area contributed by atoms with Crippen LogP contribution < -0.4 is 15.2 Å². The maximum Gasteiger partial charge on any atom is 0.166 e. The third kappa shape index (κ3) is 3.03. The van der Waals surface area contributed by atoms with E-state index in [9.17, 15) is 0 Å². The Kier molecular flexibility index (Phi) is 4.90. The van der Waals surface area contributed by atoms with Crippen LogP contribution in [-0.4, -0.2) is 13.2 Å². The predicted octanol–water partition coefficient (Wildman–Crippen LogP) is 2.98. The zero-order valence-electron chi connectivity index (χ0n) is 9.92. The maximum atomic E-state index is 5.96. The molecule has 0 fully saturated rings. The molecule has 0 aliphatic rings. The zero-order chi connectivity index (χ0) is 12.1. The first kappa shape index (κ1) is 13.1. The van der Waals surface area contributed by atoms with E-state index in [0.29, 0.717) is 23.1 Å². The molecule has 1 unspecified atom stereocenters. The molecule has 3 nitrogen and oxygen atoms in total. The average molecular weight is 244 g/mol. The molecule has 2 N–H and O–H groups in total. The normalized spacial score (nSPS) is 12.3. The first-order valence-electron chi connectivity index (χ1n) is 5.35. The fourth-order valence-electron chi connectivity index (χ4n) is 1.34. The van der Waals surface area contributed by atoms with Crippen LogP contribution >= 0.6 is 11.6 Å². The number of rotatable bonds is 5. The van der Waals surface area contributed by atoms with Crippen LogP contribution in [0.25, 0.3) is 0 Å². The number of ether oxygens (including phenoxy) is 2. The Labute approximate surface area is 101 Å². The third-order valence-corrected chi connectivity index (χ3v) is 2.65. The quantitative estimate of drug-likeness (QED) is 0.865. The largest absolute Gasteiger partial charge is 0.493 e. The summed E-state index contributed by atoms with van der Waals surface area (Å²) in [5, 5.41) is 0.605. The van der Waals surface area contributed by atoms with Crippen molar-refractivity contribution in [1.29, 1.82) is 0 Å². The van der Waals surface area contributed by atoms with Gasteiger partial charge in [0.2, 0.25) is 0 Å². The lowest BCUT2D eigenvalue weighted by molar-refractivity contribution is 0.205. The van der Waals surface area contributed by atoms with Crippen molar-refractivity contribution < 1.29 is 9.47 Å². The van der Waals surface area contributed by atoms with Crippen LogP contribution in [0.3, 0.4) is 0 Å². The molecule has 90 valence electrons. The summed E-state index contributed by atoms with van der Waals surface area (Å²) >= 11 is 5.96. The highest BCUT2D eigenvalue weighted by atomic mass is 35.5. The Morgan fingerprint density at radius 3 is 2.62 bits per heavy atom. The molecule has 0 spiro atoms. The molecule has 1 atom stereocenters. The van der Waals surface area contributed by atoms with E-state index < -0.39 is 0 Å². The van der Waals surface area contributed by atoms with E-state index in [1.807, 2.05) is 13.0 Å². The van der Waals surface area contributed by atoms with Gasteiger partial charge >= 0.3 is 0 Å². The van der Waals surface area contributed by atoms with Gasteiger partial charge in [-0.1, -0.05) is 18.5 Å². The molecule has 0 radical (unpaired) electrons. The minimum Gasteiger partial charge on any atom is -0.493 e. The standard InChI is InChI=1S/C12H18ClNO2/c1-4-8(2)16-12-9(7-14)5-10(13)6-11(12)15-3/h5-6,8H,4,7,14H2,1-3H3. The summed E-state index contributed by atoms with van der Waals surface area (Å²) in [6.45, 7) is 4.45. The minimum atomic E-state index is 0.125. The van der Waals surface area contributed by atoms with Gasteiger partial charge in [-0.15, -0.1) is 0 Å².